The Morgan fingerprint density at radius 2 is 1.79 bits per heavy atom. The molecule has 28 heavy (non-hydrogen) atoms. The van der Waals surface area contributed by atoms with Crippen LogP contribution in [-0.4, -0.2) is 19.4 Å². The van der Waals surface area contributed by atoms with E-state index in [-0.39, 0.29) is 0 Å². The fourth-order valence-corrected chi connectivity index (χ4v) is 7.20. The molecule has 0 unspecified atom stereocenters. The summed E-state index contributed by atoms with van der Waals surface area (Å²) in [5.41, 5.74) is 7.66. The second-order valence-corrected chi connectivity index (χ2v) is 15.3. The molecule has 0 radical (unpaired) electrons. The van der Waals surface area contributed by atoms with E-state index in [0.717, 1.165) is 5.92 Å². The van der Waals surface area contributed by atoms with Crippen LogP contribution >= 0.6 is 0 Å². The molecule has 1 aliphatic heterocycles. The summed E-state index contributed by atoms with van der Waals surface area (Å²) < 4.78 is 2.20. The highest BCUT2D eigenvalue weighted by molar-refractivity contribution is 6.84. The van der Waals surface area contributed by atoms with Gasteiger partial charge in [0.15, 0.2) is 0 Å². The zero-order valence-electron chi connectivity index (χ0n) is 18.4. The first-order valence-corrected chi connectivity index (χ1v) is 14.9. The standard InChI is InChI=1S/C26H37NSi/c1-19-14-15-21-12-8-9-13-23(21)26(19)24-17-22(16-20-10-6-7-11-20)25(18-27(24)2)28(3,4)5/h14-15,17-18,20H,2,6-13,16H2,1,3-5H3. The van der Waals surface area contributed by atoms with Crippen molar-refractivity contribution in [1.29, 1.82) is 0 Å². The number of allylic oxidation sites excluding steroid dienone is 2. The molecule has 1 fully saturated rings. The molecule has 0 spiro atoms. The van der Waals surface area contributed by atoms with E-state index < -0.39 is 8.07 Å². The third-order valence-electron chi connectivity index (χ3n) is 7.04. The monoisotopic (exact) mass is 391 g/mol. The molecular weight excluding hydrogens is 354 g/mol. The zero-order valence-corrected chi connectivity index (χ0v) is 19.4. The van der Waals surface area contributed by atoms with E-state index in [9.17, 15) is 0 Å². The van der Waals surface area contributed by atoms with Crippen molar-refractivity contribution < 1.29 is 4.58 Å². The Hall–Kier alpha value is -1.54. The molecule has 0 aromatic heterocycles. The lowest BCUT2D eigenvalue weighted by Gasteiger charge is -2.34. The second-order valence-electron chi connectivity index (χ2n) is 10.3. The van der Waals surface area contributed by atoms with Crippen LogP contribution in [-0.2, 0) is 12.8 Å². The number of hydrogen-bond acceptors (Lipinski definition) is 0. The van der Waals surface area contributed by atoms with E-state index >= 15 is 0 Å². The topological polar surface area (TPSA) is 3.01 Å². The third kappa shape index (κ3) is 3.81. The quantitative estimate of drug-likeness (QED) is 0.303. The smallest absolute Gasteiger partial charge is 0.147 e. The van der Waals surface area contributed by atoms with E-state index in [2.05, 4.69) is 62.3 Å². The Kier molecular flexibility index (Phi) is 5.44. The molecule has 2 aliphatic carbocycles. The van der Waals surface area contributed by atoms with Gasteiger partial charge in [-0.3, -0.25) is 4.58 Å². The summed E-state index contributed by atoms with van der Waals surface area (Å²) in [6, 6.07) is 6.05. The van der Waals surface area contributed by atoms with E-state index in [0.29, 0.717) is 0 Å². The minimum Gasteiger partial charge on any atom is -0.255 e. The summed E-state index contributed by atoms with van der Waals surface area (Å²) in [5, 5.41) is 1.61. The van der Waals surface area contributed by atoms with Gasteiger partial charge in [0.05, 0.1) is 14.8 Å². The highest BCUT2D eigenvalue weighted by Crippen LogP contribution is 2.41. The molecular formula is C26H37NSi. The van der Waals surface area contributed by atoms with Crippen LogP contribution in [0.4, 0.5) is 0 Å². The molecule has 1 aromatic carbocycles. The third-order valence-corrected chi connectivity index (χ3v) is 9.11. The van der Waals surface area contributed by atoms with Gasteiger partial charge < -0.3 is 0 Å². The Bertz CT molecular complexity index is 831. The number of aryl methyl sites for hydroxylation is 2. The molecule has 0 saturated heterocycles. The molecule has 0 atom stereocenters. The van der Waals surface area contributed by atoms with Gasteiger partial charge in [0, 0.05) is 0 Å². The van der Waals surface area contributed by atoms with Crippen molar-refractivity contribution in [3.63, 3.8) is 0 Å². The van der Waals surface area contributed by atoms with Crippen LogP contribution in [0.25, 0.3) is 0 Å². The van der Waals surface area contributed by atoms with Crippen LogP contribution in [0.1, 0.15) is 67.2 Å². The van der Waals surface area contributed by atoms with E-state index in [1.165, 1.54) is 75.0 Å². The van der Waals surface area contributed by atoms with Gasteiger partial charge in [0.25, 0.3) is 0 Å². The molecule has 2 heteroatoms. The van der Waals surface area contributed by atoms with Crippen LogP contribution < -0.4 is 0 Å². The fourth-order valence-electron chi connectivity index (χ4n) is 5.52. The van der Waals surface area contributed by atoms with Crippen molar-refractivity contribution in [2.24, 2.45) is 5.92 Å². The van der Waals surface area contributed by atoms with Crippen LogP contribution in [0.3, 0.4) is 0 Å². The first-order chi connectivity index (χ1) is 13.3. The van der Waals surface area contributed by atoms with Crippen LogP contribution in [0.15, 0.2) is 35.2 Å². The number of benzene rings is 1. The van der Waals surface area contributed by atoms with Crippen LogP contribution in [0.2, 0.25) is 19.6 Å². The maximum Gasteiger partial charge on any atom is 0.147 e. The largest absolute Gasteiger partial charge is 0.255 e. The summed E-state index contributed by atoms with van der Waals surface area (Å²) in [7, 11) is -1.41. The predicted molar refractivity (Wildman–Crippen MR) is 124 cm³/mol. The summed E-state index contributed by atoms with van der Waals surface area (Å²) in [5.74, 6) is 0.884. The van der Waals surface area contributed by atoms with Gasteiger partial charge >= 0.3 is 0 Å². The van der Waals surface area contributed by atoms with Crippen LogP contribution in [0.5, 0.6) is 0 Å². The van der Waals surface area contributed by atoms with Gasteiger partial charge in [0.1, 0.15) is 12.2 Å². The van der Waals surface area contributed by atoms with Crippen molar-refractivity contribution >= 4 is 14.8 Å². The maximum absolute atomic E-state index is 4.47. The summed E-state index contributed by atoms with van der Waals surface area (Å²) >= 11 is 0. The average Bonchev–Trinajstić information content (AvgIpc) is 3.15. The number of rotatable bonds is 4. The van der Waals surface area contributed by atoms with Crippen LogP contribution in [0, 0.1) is 18.9 Å². The summed E-state index contributed by atoms with van der Waals surface area (Å²) in [6.07, 6.45) is 17.0. The SMILES string of the molecule is C=[N+]1C=C([Si](C)(C)C)C(CC2CCCC2)=C[C-]1c1c(C)ccc2c1CCCC2. The average molecular weight is 392 g/mol. The number of hydrogen-bond donors (Lipinski definition) is 0. The van der Waals surface area contributed by atoms with Gasteiger partial charge in [-0.05, 0) is 48.4 Å². The molecule has 1 saturated carbocycles. The Labute approximate surface area is 173 Å². The Balaban J connectivity index is 1.77. The lowest BCUT2D eigenvalue weighted by molar-refractivity contribution is -0.418. The zero-order chi connectivity index (χ0) is 19.9. The first kappa shape index (κ1) is 19.8. The first-order valence-electron chi connectivity index (χ1n) is 11.4. The summed E-state index contributed by atoms with van der Waals surface area (Å²) in [6.45, 7) is 14.2. The van der Waals surface area contributed by atoms with Crippen molar-refractivity contribution in [3.8, 4) is 0 Å². The van der Waals surface area contributed by atoms with Crippen molar-refractivity contribution in [1.82, 2.24) is 0 Å². The van der Waals surface area contributed by atoms with Gasteiger partial charge in [-0.15, -0.1) is 0 Å². The molecule has 0 N–H and O–H groups in total. The molecule has 0 amide bonds. The molecule has 4 rings (SSSR count). The summed E-state index contributed by atoms with van der Waals surface area (Å²) in [4.78, 5) is 0. The highest BCUT2D eigenvalue weighted by Gasteiger charge is 2.32. The van der Waals surface area contributed by atoms with Gasteiger partial charge in [-0.1, -0.05) is 93.1 Å². The molecule has 3 aliphatic rings. The number of fused-ring (bicyclic) bond motifs is 1. The van der Waals surface area contributed by atoms with Crippen molar-refractivity contribution in [2.45, 2.75) is 84.4 Å². The molecule has 0 bridgehead atoms. The Morgan fingerprint density at radius 3 is 2.50 bits per heavy atom. The number of nitrogens with zero attached hydrogens (tertiary/aromatic N) is 1. The highest BCUT2D eigenvalue weighted by atomic mass is 28.3. The lowest BCUT2D eigenvalue weighted by Crippen LogP contribution is -2.31. The van der Waals surface area contributed by atoms with Crippen molar-refractivity contribution in [3.05, 3.63) is 63.5 Å². The molecule has 1 nitrogen and oxygen atoms in total. The van der Waals surface area contributed by atoms with E-state index in [1.807, 2.05) is 0 Å². The Morgan fingerprint density at radius 1 is 1.07 bits per heavy atom. The molecule has 1 heterocycles. The minimum absolute atomic E-state index is 0.884. The van der Waals surface area contributed by atoms with Gasteiger partial charge in [-0.2, -0.15) is 0 Å². The van der Waals surface area contributed by atoms with E-state index in [4.69, 9.17) is 0 Å². The minimum atomic E-state index is -1.41. The predicted octanol–water partition coefficient (Wildman–Crippen LogP) is 6.75. The fraction of sp³-hybridized carbons (Fsp3) is 0.538. The second kappa shape index (κ2) is 7.70. The normalized spacial score (nSPS) is 20.9. The van der Waals surface area contributed by atoms with Gasteiger partial charge in [0.2, 0.25) is 0 Å². The van der Waals surface area contributed by atoms with E-state index in [1.54, 1.807) is 21.9 Å². The molecule has 150 valence electrons. The molecule has 1 aromatic rings. The lowest BCUT2D eigenvalue weighted by atomic mass is 9.82. The maximum atomic E-state index is 4.47. The van der Waals surface area contributed by atoms with Crippen molar-refractivity contribution in [2.75, 3.05) is 0 Å². The van der Waals surface area contributed by atoms with Gasteiger partial charge in [-0.25, -0.2) is 0 Å².